The Balaban J connectivity index is 1.53. The highest BCUT2D eigenvalue weighted by Gasteiger charge is 2.29. The average molecular weight is 434 g/mol. The number of benzene rings is 3. The first-order valence-electron chi connectivity index (χ1n) is 10.4. The minimum atomic E-state index is -0.891. The predicted molar refractivity (Wildman–Crippen MR) is 116 cm³/mol. The first-order valence-corrected chi connectivity index (χ1v) is 10.4. The number of carbonyl (C=O) groups is 1. The number of hydrogen-bond donors (Lipinski definition) is 2. The molecule has 4 aromatic rings. The first kappa shape index (κ1) is 20.3. The molecule has 0 saturated heterocycles. The fourth-order valence-electron chi connectivity index (χ4n) is 4.31. The van der Waals surface area contributed by atoms with Gasteiger partial charge in [0.25, 0.3) is 0 Å². The van der Waals surface area contributed by atoms with Crippen molar-refractivity contribution in [2.45, 2.75) is 25.3 Å². The van der Waals surface area contributed by atoms with Crippen LogP contribution >= 0.6 is 0 Å². The van der Waals surface area contributed by atoms with E-state index in [1.807, 2.05) is 30.3 Å². The molecular formula is C25H20F2N2O3. The molecule has 0 spiro atoms. The summed E-state index contributed by atoms with van der Waals surface area (Å²) in [4.78, 5) is 15.2. The van der Waals surface area contributed by atoms with Gasteiger partial charge in [-0.25, -0.2) is 13.8 Å². The third-order valence-corrected chi connectivity index (χ3v) is 5.86. The molecule has 5 nitrogen and oxygen atoms in total. The van der Waals surface area contributed by atoms with Gasteiger partial charge >= 0.3 is 5.97 Å². The Morgan fingerprint density at radius 1 is 1.09 bits per heavy atom. The third kappa shape index (κ3) is 3.54. The lowest BCUT2D eigenvalue weighted by atomic mass is 10.0. The van der Waals surface area contributed by atoms with Gasteiger partial charge in [-0.15, -0.1) is 0 Å². The van der Waals surface area contributed by atoms with E-state index in [0.29, 0.717) is 36.0 Å². The van der Waals surface area contributed by atoms with E-state index in [0.717, 1.165) is 11.1 Å². The molecule has 5 rings (SSSR count). The van der Waals surface area contributed by atoms with Gasteiger partial charge in [-0.2, -0.15) is 0 Å². The van der Waals surface area contributed by atoms with Crippen molar-refractivity contribution in [3.05, 3.63) is 77.4 Å². The van der Waals surface area contributed by atoms with Crippen LogP contribution in [0.15, 0.2) is 59.0 Å². The molecule has 0 radical (unpaired) electrons. The molecule has 32 heavy (non-hydrogen) atoms. The topological polar surface area (TPSA) is 75.4 Å². The zero-order chi connectivity index (χ0) is 22.2. The molecule has 0 saturated carbocycles. The van der Waals surface area contributed by atoms with Crippen LogP contribution in [0.25, 0.3) is 33.7 Å². The highest BCUT2D eigenvalue weighted by atomic mass is 19.1. The summed E-state index contributed by atoms with van der Waals surface area (Å²) in [6, 6.07) is 15.7. The van der Waals surface area contributed by atoms with Crippen LogP contribution in [-0.2, 0) is 11.2 Å². The zero-order valence-corrected chi connectivity index (χ0v) is 17.1. The minimum Gasteiger partial charge on any atom is -0.481 e. The molecule has 1 heterocycles. The van der Waals surface area contributed by atoms with E-state index in [1.165, 1.54) is 0 Å². The summed E-state index contributed by atoms with van der Waals surface area (Å²) in [6.45, 7) is 0.292. The number of carboxylic acids is 1. The largest absolute Gasteiger partial charge is 0.481 e. The molecule has 0 fully saturated rings. The molecule has 1 aliphatic carbocycles. The summed E-state index contributed by atoms with van der Waals surface area (Å²) < 4.78 is 36.2. The molecule has 1 aliphatic rings. The lowest BCUT2D eigenvalue weighted by Gasteiger charge is -2.13. The fourth-order valence-corrected chi connectivity index (χ4v) is 4.31. The second-order valence-corrected chi connectivity index (χ2v) is 7.85. The summed E-state index contributed by atoms with van der Waals surface area (Å²) in [6.07, 6.45) is 1.16. The van der Waals surface area contributed by atoms with Gasteiger partial charge in [-0.1, -0.05) is 42.5 Å². The number of nitrogens with one attached hydrogen (secondary N) is 1. The van der Waals surface area contributed by atoms with E-state index >= 15 is 8.78 Å². The molecule has 0 aliphatic heterocycles. The van der Waals surface area contributed by atoms with Crippen LogP contribution in [0.5, 0.6) is 0 Å². The van der Waals surface area contributed by atoms with E-state index in [1.54, 1.807) is 24.3 Å². The van der Waals surface area contributed by atoms with Crippen molar-refractivity contribution in [2.75, 3.05) is 6.54 Å². The van der Waals surface area contributed by atoms with Gasteiger partial charge in [0.1, 0.15) is 11.3 Å². The highest BCUT2D eigenvalue weighted by Crippen LogP contribution is 2.39. The van der Waals surface area contributed by atoms with Crippen molar-refractivity contribution in [2.24, 2.45) is 0 Å². The van der Waals surface area contributed by atoms with E-state index in [-0.39, 0.29) is 29.5 Å². The zero-order valence-electron chi connectivity index (χ0n) is 17.1. The Labute approximate surface area is 182 Å². The van der Waals surface area contributed by atoms with E-state index in [4.69, 9.17) is 9.52 Å². The summed E-state index contributed by atoms with van der Waals surface area (Å²) in [5, 5.41) is 12.0. The van der Waals surface area contributed by atoms with Crippen LogP contribution in [0.4, 0.5) is 8.78 Å². The van der Waals surface area contributed by atoms with Crippen LogP contribution in [0.2, 0.25) is 0 Å². The van der Waals surface area contributed by atoms with Crippen LogP contribution in [0, 0.1) is 11.6 Å². The Bertz CT molecular complexity index is 1320. The molecule has 0 bridgehead atoms. The van der Waals surface area contributed by atoms with Crippen LogP contribution in [0.1, 0.15) is 30.0 Å². The molecule has 0 amide bonds. The lowest BCUT2D eigenvalue weighted by Crippen LogP contribution is -2.22. The van der Waals surface area contributed by atoms with Crippen LogP contribution < -0.4 is 5.32 Å². The number of aliphatic carboxylic acids is 1. The standard InChI is InChI=1S/C25H20F2N2O3/c26-22-15(14-5-2-1-3-6-14)7-4-8-17(22)25-29-20-13-18-16(23(27)24(20)32-25)9-10-19(18)28-12-11-21(30)31/h1-8,13,19,28H,9-12H2,(H,30,31)/t19-/m1/s1. The Morgan fingerprint density at radius 2 is 1.88 bits per heavy atom. The van der Waals surface area contributed by atoms with Crippen molar-refractivity contribution in [1.82, 2.24) is 10.3 Å². The van der Waals surface area contributed by atoms with Crippen molar-refractivity contribution < 1.29 is 23.1 Å². The van der Waals surface area contributed by atoms with E-state index < -0.39 is 17.6 Å². The number of carboxylic acid groups (broad SMARTS) is 1. The molecule has 7 heteroatoms. The van der Waals surface area contributed by atoms with Gasteiger partial charge in [0.05, 0.1) is 12.0 Å². The summed E-state index contributed by atoms with van der Waals surface area (Å²) in [5.41, 5.74) is 2.91. The van der Waals surface area contributed by atoms with Crippen molar-refractivity contribution in [3.8, 4) is 22.6 Å². The molecule has 162 valence electrons. The predicted octanol–water partition coefficient (Wildman–Crippen LogP) is 5.49. The van der Waals surface area contributed by atoms with Crippen LogP contribution in [0.3, 0.4) is 0 Å². The summed E-state index contributed by atoms with van der Waals surface area (Å²) in [5.74, 6) is -1.84. The maximum Gasteiger partial charge on any atom is 0.304 e. The number of fused-ring (bicyclic) bond motifs is 2. The van der Waals surface area contributed by atoms with E-state index in [9.17, 15) is 4.79 Å². The molecule has 3 aromatic carbocycles. The van der Waals surface area contributed by atoms with Crippen molar-refractivity contribution in [3.63, 3.8) is 0 Å². The third-order valence-electron chi connectivity index (χ3n) is 5.86. The van der Waals surface area contributed by atoms with E-state index in [2.05, 4.69) is 10.3 Å². The highest BCUT2D eigenvalue weighted by molar-refractivity contribution is 5.80. The minimum absolute atomic E-state index is 0.00875. The van der Waals surface area contributed by atoms with Crippen molar-refractivity contribution in [1.29, 1.82) is 0 Å². The average Bonchev–Trinajstić information content (AvgIpc) is 3.39. The van der Waals surface area contributed by atoms with Gasteiger partial charge in [0, 0.05) is 18.2 Å². The summed E-state index contributed by atoms with van der Waals surface area (Å²) >= 11 is 0. The maximum atomic E-state index is 15.3. The Morgan fingerprint density at radius 3 is 2.66 bits per heavy atom. The molecule has 0 unspecified atom stereocenters. The molecule has 1 atom stereocenters. The second kappa shape index (κ2) is 8.16. The molecule has 1 aromatic heterocycles. The monoisotopic (exact) mass is 434 g/mol. The maximum absolute atomic E-state index is 15.3. The number of nitrogens with zero attached hydrogens (tertiary/aromatic N) is 1. The van der Waals surface area contributed by atoms with Crippen molar-refractivity contribution >= 4 is 17.1 Å². The Kier molecular flexibility index (Phi) is 5.19. The first-order chi connectivity index (χ1) is 15.5. The lowest BCUT2D eigenvalue weighted by molar-refractivity contribution is -0.136. The van der Waals surface area contributed by atoms with Crippen LogP contribution in [-0.4, -0.2) is 22.6 Å². The quantitative estimate of drug-likeness (QED) is 0.420. The van der Waals surface area contributed by atoms with Gasteiger partial charge in [-0.3, -0.25) is 4.79 Å². The summed E-state index contributed by atoms with van der Waals surface area (Å²) in [7, 11) is 0. The smallest absolute Gasteiger partial charge is 0.304 e. The number of rotatable bonds is 6. The fraction of sp³-hybridized carbons (Fsp3) is 0.200. The van der Waals surface area contributed by atoms with Gasteiger partial charge in [0.15, 0.2) is 11.4 Å². The van der Waals surface area contributed by atoms with Gasteiger partial charge in [-0.05, 0) is 41.7 Å². The number of aromatic nitrogens is 1. The second-order valence-electron chi connectivity index (χ2n) is 7.85. The molecular weight excluding hydrogens is 414 g/mol. The number of hydrogen-bond acceptors (Lipinski definition) is 4. The molecule has 2 N–H and O–H groups in total. The Hall–Kier alpha value is -3.58. The normalized spacial score (nSPS) is 15.2. The number of halogens is 2. The SMILES string of the molecule is O=C(O)CCN[C@@H]1CCc2c1cc1nc(-c3cccc(-c4ccccc4)c3F)oc1c2F. The van der Waals surface area contributed by atoms with Gasteiger partial charge < -0.3 is 14.8 Å². The number of oxazole rings is 1. The van der Waals surface area contributed by atoms with Gasteiger partial charge in [0.2, 0.25) is 5.89 Å².